The molecule has 2 aromatic heterocycles. The molecule has 94 valence electrons. The summed E-state index contributed by atoms with van der Waals surface area (Å²) in [5, 5.41) is 0.940. The van der Waals surface area contributed by atoms with Gasteiger partial charge in [0.15, 0.2) is 0 Å². The first kappa shape index (κ1) is 11.7. The number of anilines is 1. The van der Waals surface area contributed by atoms with Gasteiger partial charge in [-0.05, 0) is 42.9 Å². The zero-order valence-electron chi connectivity index (χ0n) is 10.6. The van der Waals surface area contributed by atoms with E-state index in [0.29, 0.717) is 0 Å². The van der Waals surface area contributed by atoms with Crippen molar-refractivity contribution >= 4 is 16.3 Å². The summed E-state index contributed by atoms with van der Waals surface area (Å²) < 4.78 is 0. The number of thiophene rings is 1. The van der Waals surface area contributed by atoms with Crippen LogP contribution in [-0.4, -0.2) is 4.98 Å². The fourth-order valence-electron chi connectivity index (χ4n) is 2.82. The molecule has 2 nitrogen and oxygen atoms in total. The Balaban J connectivity index is 2.05. The van der Waals surface area contributed by atoms with Crippen LogP contribution in [0.15, 0.2) is 24.4 Å². The lowest BCUT2D eigenvalue weighted by Crippen LogP contribution is -2.11. The van der Waals surface area contributed by atoms with Crippen molar-refractivity contribution in [1.82, 2.24) is 4.98 Å². The van der Waals surface area contributed by atoms with Gasteiger partial charge in [-0.15, -0.1) is 11.3 Å². The maximum atomic E-state index is 6.22. The molecular formula is C15H18N2S. The third-order valence-electron chi connectivity index (χ3n) is 3.89. The largest absolute Gasteiger partial charge is 0.390 e. The smallest absolute Gasteiger partial charge is 0.0957 e. The first-order chi connectivity index (χ1) is 8.79. The van der Waals surface area contributed by atoms with Crippen molar-refractivity contribution in [1.29, 1.82) is 0 Å². The van der Waals surface area contributed by atoms with E-state index >= 15 is 0 Å². The Morgan fingerprint density at radius 3 is 3.06 bits per heavy atom. The summed E-state index contributed by atoms with van der Waals surface area (Å²) in [6.45, 7) is 2.28. The minimum Gasteiger partial charge on any atom is -0.390 e. The first-order valence-corrected chi connectivity index (χ1v) is 7.42. The molecule has 0 aliphatic heterocycles. The Bertz CT molecular complexity index is 545. The molecule has 2 aromatic rings. The number of nitrogen functional groups attached to an aromatic ring is 1. The van der Waals surface area contributed by atoms with Crippen molar-refractivity contribution in [3.8, 4) is 11.3 Å². The van der Waals surface area contributed by atoms with Gasteiger partial charge in [0.25, 0.3) is 0 Å². The van der Waals surface area contributed by atoms with Gasteiger partial charge in [-0.1, -0.05) is 19.4 Å². The van der Waals surface area contributed by atoms with Crippen LogP contribution in [0.5, 0.6) is 0 Å². The van der Waals surface area contributed by atoms with Gasteiger partial charge in [0.05, 0.1) is 10.7 Å². The predicted octanol–water partition coefficient (Wildman–Crippen LogP) is 3.91. The van der Waals surface area contributed by atoms with Crippen LogP contribution in [0.3, 0.4) is 0 Å². The molecule has 0 spiro atoms. The molecule has 0 fully saturated rings. The number of pyridine rings is 1. The van der Waals surface area contributed by atoms with Crippen LogP contribution in [0.4, 0.5) is 5.00 Å². The van der Waals surface area contributed by atoms with E-state index in [1.54, 1.807) is 11.3 Å². The summed E-state index contributed by atoms with van der Waals surface area (Å²) in [6, 6.07) is 6.04. The summed E-state index contributed by atoms with van der Waals surface area (Å²) >= 11 is 1.77. The van der Waals surface area contributed by atoms with Crippen LogP contribution in [0, 0.1) is 5.92 Å². The van der Waals surface area contributed by atoms with E-state index in [9.17, 15) is 0 Å². The van der Waals surface area contributed by atoms with Gasteiger partial charge in [-0.25, -0.2) is 0 Å². The predicted molar refractivity (Wildman–Crippen MR) is 77.8 cm³/mol. The molecule has 0 saturated carbocycles. The molecule has 1 aliphatic carbocycles. The van der Waals surface area contributed by atoms with E-state index in [4.69, 9.17) is 5.73 Å². The summed E-state index contributed by atoms with van der Waals surface area (Å²) in [4.78, 5) is 5.95. The van der Waals surface area contributed by atoms with E-state index in [1.165, 1.54) is 35.3 Å². The topological polar surface area (TPSA) is 38.9 Å². The maximum Gasteiger partial charge on any atom is 0.0957 e. The van der Waals surface area contributed by atoms with Crippen LogP contribution >= 0.6 is 11.3 Å². The van der Waals surface area contributed by atoms with E-state index in [1.807, 2.05) is 18.3 Å². The molecule has 2 N–H and O–H groups in total. The zero-order chi connectivity index (χ0) is 12.5. The number of nitrogens with two attached hydrogens (primary N) is 1. The highest BCUT2D eigenvalue weighted by molar-refractivity contribution is 7.16. The molecule has 3 rings (SSSR count). The highest BCUT2D eigenvalue weighted by atomic mass is 32.1. The minimum atomic E-state index is 0.840. The second-order valence-corrected chi connectivity index (χ2v) is 6.11. The Morgan fingerprint density at radius 2 is 2.33 bits per heavy atom. The summed E-state index contributed by atoms with van der Waals surface area (Å²) in [7, 11) is 0. The molecule has 3 heteroatoms. The van der Waals surface area contributed by atoms with Crippen molar-refractivity contribution in [2.45, 2.75) is 32.6 Å². The average molecular weight is 258 g/mol. The van der Waals surface area contributed by atoms with Crippen LogP contribution in [0.2, 0.25) is 0 Å². The second kappa shape index (κ2) is 4.73. The van der Waals surface area contributed by atoms with Gasteiger partial charge in [0.2, 0.25) is 0 Å². The van der Waals surface area contributed by atoms with Crippen LogP contribution in [0.1, 0.15) is 30.2 Å². The molecule has 0 aromatic carbocycles. The quantitative estimate of drug-likeness (QED) is 0.887. The number of hydrogen-bond donors (Lipinski definition) is 1. The second-order valence-electron chi connectivity index (χ2n) is 4.98. The lowest BCUT2D eigenvalue weighted by Gasteiger charge is -2.21. The molecule has 0 saturated heterocycles. The van der Waals surface area contributed by atoms with E-state index < -0.39 is 0 Å². The van der Waals surface area contributed by atoms with E-state index in [2.05, 4.69) is 18.0 Å². The van der Waals surface area contributed by atoms with Crippen LogP contribution in [0.25, 0.3) is 11.3 Å². The Hall–Kier alpha value is -1.35. The number of hydrogen-bond acceptors (Lipinski definition) is 3. The highest BCUT2D eigenvalue weighted by Gasteiger charge is 2.25. The van der Waals surface area contributed by atoms with Crippen molar-refractivity contribution in [3.05, 3.63) is 34.8 Å². The molecular weight excluding hydrogens is 240 g/mol. The zero-order valence-corrected chi connectivity index (χ0v) is 11.5. The Labute approximate surface area is 112 Å². The third kappa shape index (κ3) is 1.93. The lowest BCUT2D eigenvalue weighted by molar-refractivity contribution is 0.450. The Morgan fingerprint density at radius 1 is 1.44 bits per heavy atom. The summed E-state index contributed by atoms with van der Waals surface area (Å²) in [5.74, 6) is 0.840. The monoisotopic (exact) mass is 258 g/mol. The molecule has 0 bridgehead atoms. The molecule has 18 heavy (non-hydrogen) atoms. The van der Waals surface area contributed by atoms with Crippen LogP contribution in [-0.2, 0) is 12.8 Å². The SMILES string of the molecule is CCC1CCc2c(sc(N)c2-c2ccccn2)C1. The molecule has 0 amide bonds. The number of fused-ring (bicyclic) bond motifs is 1. The molecule has 1 unspecified atom stereocenters. The number of nitrogens with zero attached hydrogens (tertiary/aromatic N) is 1. The maximum absolute atomic E-state index is 6.22. The fourth-order valence-corrected chi connectivity index (χ4v) is 4.06. The minimum absolute atomic E-state index is 0.840. The van der Waals surface area contributed by atoms with Crippen molar-refractivity contribution in [3.63, 3.8) is 0 Å². The van der Waals surface area contributed by atoms with Crippen molar-refractivity contribution < 1.29 is 0 Å². The van der Waals surface area contributed by atoms with Gasteiger partial charge in [0.1, 0.15) is 0 Å². The van der Waals surface area contributed by atoms with Gasteiger partial charge < -0.3 is 5.73 Å². The van der Waals surface area contributed by atoms with Crippen LogP contribution < -0.4 is 5.73 Å². The number of aromatic nitrogens is 1. The summed E-state index contributed by atoms with van der Waals surface area (Å²) in [6.07, 6.45) is 6.77. The van der Waals surface area contributed by atoms with Crippen molar-refractivity contribution in [2.24, 2.45) is 5.92 Å². The van der Waals surface area contributed by atoms with Gasteiger partial charge in [-0.2, -0.15) is 0 Å². The van der Waals surface area contributed by atoms with E-state index in [0.717, 1.165) is 23.0 Å². The molecule has 1 atom stereocenters. The van der Waals surface area contributed by atoms with Crippen molar-refractivity contribution in [2.75, 3.05) is 5.73 Å². The normalized spacial score (nSPS) is 18.6. The molecule has 0 radical (unpaired) electrons. The third-order valence-corrected chi connectivity index (χ3v) is 4.98. The highest BCUT2D eigenvalue weighted by Crippen LogP contribution is 2.43. The standard InChI is InChI=1S/C15H18N2S/c1-2-10-6-7-11-13(9-10)18-15(16)14(11)12-5-3-4-8-17-12/h3-5,8,10H,2,6-7,9,16H2,1H3. The van der Waals surface area contributed by atoms with Gasteiger partial charge >= 0.3 is 0 Å². The first-order valence-electron chi connectivity index (χ1n) is 6.61. The van der Waals surface area contributed by atoms with Gasteiger partial charge in [-0.3, -0.25) is 4.98 Å². The number of rotatable bonds is 2. The molecule has 2 heterocycles. The van der Waals surface area contributed by atoms with Gasteiger partial charge in [0, 0.05) is 16.6 Å². The lowest BCUT2D eigenvalue weighted by atomic mass is 9.85. The average Bonchev–Trinajstić information content (AvgIpc) is 2.74. The Kier molecular flexibility index (Phi) is 3.08. The van der Waals surface area contributed by atoms with E-state index in [-0.39, 0.29) is 0 Å². The summed E-state index contributed by atoms with van der Waals surface area (Å²) in [5.41, 5.74) is 9.91. The fraction of sp³-hybridized carbons (Fsp3) is 0.400. The molecule has 1 aliphatic rings.